The van der Waals surface area contributed by atoms with Gasteiger partial charge in [0.2, 0.25) is 0 Å². The number of ether oxygens (including phenoxy) is 1. The second-order valence-electron chi connectivity index (χ2n) is 6.01. The lowest BCUT2D eigenvalue weighted by Crippen LogP contribution is -2.30. The molecule has 0 bridgehead atoms. The van der Waals surface area contributed by atoms with Gasteiger partial charge in [0.05, 0.1) is 6.61 Å². The lowest BCUT2D eigenvalue weighted by Gasteiger charge is -2.26. The summed E-state index contributed by atoms with van der Waals surface area (Å²) in [6.45, 7) is 9.05. The van der Waals surface area contributed by atoms with Gasteiger partial charge in [0.25, 0.3) is 0 Å². The Kier molecular flexibility index (Phi) is 6.38. The van der Waals surface area contributed by atoms with E-state index in [0.29, 0.717) is 0 Å². The Balaban J connectivity index is 1.56. The molecule has 1 aliphatic rings. The first-order chi connectivity index (χ1) is 9.77. The maximum atomic E-state index is 5.90. The zero-order chi connectivity index (χ0) is 14.2. The average molecular weight is 275 g/mol. The number of piperidine rings is 1. The van der Waals surface area contributed by atoms with Crippen molar-refractivity contribution in [3.8, 4) is 5.75 Å². The van der Waals surface area contributed by atoms with Gasteiger partial charge in [0, 0.05) is 0 Å². The first kappa shape index (κ1) is 15.4. The molecule has 1 saturated heterocycles. The van der Waals surface area contributed by atoms with Gasteiger partial charge >= 0.3 is 0 Å². The fourth-order valence-electron chi connectivity index (χ4n) is 2.86. The van der Waals surface area contributed by atoms with Crippen molar-refractivity contribution in [1.29, 1.82) is 0 Å². The van der Waals surface area contributed by atoms with Gasteiger partial charge in [-0.1, -0.05) is 18.6 Å². The summed E-state index contributed by atoms with van der Waals surface area (Å²) in [6, 6.07) is 6.30. The minimum absolute atomic E-state index is 0.851. The zero-order valence-electron chi connectivity index (χ0n) is 13.2. The van der Waals surface area contributed by atoms with Crippen LogP contribution in [0.3, 0.4) is 0 Å². The predicted molar refractivity (Wildman–Crippen MR) is 85.6 cm³/mol. The molecule has 1 aliphatic heterocycles. The van der Waals surface area contributed by atoms with Crippen LogP contribution in [0.15, 0.2) is 18.2 Å². The molecule has 1 heterocycles. The average Bonchev–Trinajstić information content (AvgIpc) is 2.48. The second-order valence-corrected chi connectivity index (χ2v) is 6.01. The molecule has 0 atom stereocenters. The molecule has 20 heavy (non-hydrogen) atoms. The summed E-state index contributed by atoms with van der Waals surface area (Å²) >= 11 is 0. The quantitative estimate of drug-likeness (QED) is 0.686. The second kappa shape index (κ2) is 8.31. The van der Waals surface area contributed by atoms with Crippen molar-refractivity contribution >= 4 is 0 Å². The standard InChI is InChI=1S/C18H29NO/c1-16-10-9-11-18(17(16)2)20-15-8-4-7-14-19-12-5-3-6-13-19/h9-11H,3-8,12-15H2,1-2H3. The molecule has 0 amide bonds. The SMILES string of the molecule is Cc1cccc(OCCCCCN2CCCCC2)c1C. The lowest BCUT2D eigenvalue weighted by molar-refractivity contribution is 0.221. The van der Waals surface area contributed by atoms with Gasteiger partial charge in [0.1, 0.15) is 5.75 Å². The summed E-state index contributed by atoms with van der Waals surface area (Å²) in [5, 5.41) is 0. The van der Waals surface area contributed by atoms with E-state index >= 15 is 0 Å². The molecule has 0 unspecified atom stereocenters. The Morgan fingerprint density at radius 1 is 1.00 bits per heavy atom. The summed E-state index contributed by atoms with van der Waals surface area (Å²) in [6.07, 6.45) is 7.99. The number of hydrogen-bond acceptors (Lipinski definition) is 2. The van der Waals surface area contributed by atoms with E-state index in [2.05, 4.69) is 36.9 Å². The molecule has 0 aliphatic carbocycles. The molecule has 2 heteroatoms. The van der Waals surface area contributed by atoms with Gasteiger partial charge in [-0.05, 0) is 82.8 Å². The van der Waals surface area contributed by atoms with Gasteiger partial charge in [-0.3, -0.25) is 0 Å². The van der Waals surface area contributed by atoms with E-state index in [9.17, 15) is 0 Å². The summed E-state index contributed by atoms with van der Waals surface area (Å²) in [4.78, 5) is 2.62. The van der Waals surface area contributed by atoms with Gasteiger partial charge < -0.3 is 9.64 Å². The highest BCUT2D eigenvalue weighted by Crippen LogP contribution is 2.20. The molecule has 0 radical (unpaired) electrons. The van der Waals surface area contributed by atoms with Crippen LogP contribution in [-0.2, 0) is 0 Å². The first-order valence-electron chi connectivity index (χ1n) is 8.19. The topological polar surface area (TPSA) is 12.5 Å². The number of aryl methyl sites for hydroxylation is 1. The van der Waals surface area contributed by atoms with Gasteiger partial charge in [0.15, 0.2) is 0 Å². The lowest BCUT2D eigenvalue weighted by atomic mass is 10.1. The van der Waals surface area contributed by atoms with Crippen molar-refractivity contribution in [3.05, 3.63) is 29.3 Å². The van der Waals surface area contributed by atoms with Crippen molar-refractivity contribution in [2.75, 3.05) is 26.2 Å². The molecule has 1 fully saturated rings. The minimum atomic E-state index is 0.851. The summed E-state index contributed by atoms with van der Waals surface area (Å²) < 4.78 is 5.90. The molecule has 1 aromatic carbocycles. The monoisotopic (exact) mass is 275 g/mol. The van der Waals surface area contributed by atoms with E-state index in [0.717, 1.165) is 12.4 Å². The van der Waals surface area contributed by atoms with Gasteiger partial charge in [-0.2, -0.15) is 0 Å². The number of hydrogen-bond donors (Lipinski definition) is 0. The molecular weight excluding hydrogens is 246 g/mol. The van der Waals surface area contributed by atoms with E-state index in [1.807, 2.05) is 0 Å². The molecule has 0 N–H and O–H groups in total. The third-order valence-electron chi connectivity index (χ3n) is 4.38. The van der Waals surface area contributed by atoms with Crippen molar-refractivity contribution in [2.45, 2.75) is 52.4 Å². The third-order valence-corrected chi connectivity index (χ3v) is 4.38. The molecule has 0 saturated carbocycles. The molecule has 2 rings (SSSR count). The number of likely N-dealkylation sites (tertiary alicyclic amines) is 1. The van der Waals surface area contributed by atoms with Crippen molar-refractivity contribution in [1.82, 2.24) is 4.90 Å². The number of unbranched alkanes of at least 4 members (excludes halogenated alkanes) is 2. The summed E-state index contributed by atoms with van der Waals surface area (Å²) in [7, 11) is 0. The molecule has 0 aromatic heterocycles. The Morgan fingerprint density at radius 2 is 1.80 bits per heavy atom. The molecule has 2 nitrogen and oxygen atoms in total. The minimum Gasteiger partial charge on any atom is -0.493 e. The normalized spacial score (nSPS) is 16.3. The Bertz CT molecular complexity index is 396. The van der Waals surface area contributed by atoms with Crippen LogP contribution in [0.5, 0.6) is 5.75 Å². The predicted octanol–water partition coefficient (Wildman–Crippen LogP) is 4.34. The van der Waals surface area contributed by atoms with Crippen LogP contribution in [-0.4, -0.2) is 31.1 Å². The molecule has 1 aromatic rings. The Hall–Kier alpha value is -1.02. The molecule has 0 spiro atoms. The van der Waals surface area contributed by atoms with E-state index in [1.54, 1.807) is 0 Å². The van der Waals surface area contributed by atoms with Crippen LogP contribution in [0.1, 0.15) is 49.7 Å². The van der Waals surface area contributed by atoms with Crippen LogP contribution in [0.25, 0.3) is 0 Å². The fraction of sp³-hybridized carbons (Fsp3) is 0.667. The molecule has 112 valence electrons. The highest BCUT2D eigenvalue weighted by molar-refractivity contribution is 5.38. The third kappa shape index (κ3) is 4.82. The number of nitrogens with zero attached hydrogens (tertiary/aromatic N) is 1. The maximum absolute atomic E-state index is 5.90. The van der Waals surface area contributed by atoms with E-state index in [-0.39, 0.29) is 0 Å². The highest BCUT2D eigenvalue weighted by Gasteiger charge is 2.08. The van der Waals surface area contributed by atoms with E-state index in [1.165, 1.54) is 69.3 Å². The summed E-state index contributed by atoms with van der Waals surface area (Å²) in [5.74, 6) is 1.06. The summed E-state index contributed by atoms with van der Waals surface area (Å²) in [5.41, 5.74) is 2.59. The number of benzene rings is 1. The van der Waals surface area contributed by atoms with Gasteiger partial charge in [-0.25, -0.2) is 0 Å². The van der Waals surface area contributed by atoms with Crippen molar-refractivity contribution in [2.24, 2.45) is 0 Å². The largest absolute Gasteiger partial charge is 0.493 e. The molecular formula is C18H29NO. The van der Waals surface area contributed by atoms with Gasteiger partial charge in [-0.15, -0.1) is 0 Å². The Labute approximate surface area is 124 Å². The highest BCUT2D eigenvalue weighted by atomic mass is 16.5. The Morgan fingerprint density at radius 3 is 2.60 bits per heavy atom. The van der Waals surface area contributed by atoms with Crippen molar-refractivity contribution in [3.63, 3.8) is 0 Å². The van der Waals surface area contributed by atoms with E-state index in [4.69, 9.17) is 4.74 Å². The smallest absolute Gasteiger partial charge is 0.122 e. The van der Waals surface area contributed by atoms with E-state index < -0.39 is 0 Å². The maximum Gasteiger partial charge on any atom is 0.122 e. The number of rotatable bonds is 7. The van der Waals surface area contributed by atoms with Crippen LogP contribution < -0.4 is 4.74 Å². The van der Waals surface area contributed by atoms with Crippen LogP contribution in [0, 0.1) is 13.8 Å². The van der Waals surface area contributed by atoms with Crippen molar-refractivity contribution < 1.29 is 4.74 Å². The van der Waals surface area contributed by atoms with Crippen LogP contribution >= 0.6 is 0 Å². The van der Waals surface area contributed by atoms with Crippen LogP contribution in [0.4, 0.5) is 0 Å². The fourth-order valence-corrected chi connectivity index (χ4v) is 2.86. The van der Waals surface area contributed by atoms with Crippen LogP contribution in [0.2, 0.25) is 0 Å². The zero-order valence-corrected chi connectivity index (χ0v) is 13.2. The first-order valence-corrected chi connectivity index (χ1v) is 8.19.